The Kier molecular flexibility index (Phi) is 1.90. The molecule has 2 aromatic heterocycles. The van der Waals surface area contributed by atoms with E-state index in [0.717, 1.165) is 16.9 Å². The van der Waals surface area contributed by atoms with Gasteiger partial charge in [0, 0.05) is 12.3 Å². The molecule has 1 aromatic carbocycles. The first kappa shape index (κ1) is 8.97. The SMILES string of the molecule is O=c1cccc2[nH]c(-c3ccccc3)cn12. The van der Waals surface area contributed by atoms with Crippen molar-refractivity contribution in [1.29, 1.82) is 0 Å². The molecule has 0 bridgehead atoms. The van der Waals surface area contributed by atoms with E-state index in [4.69, 9.17) is 0 Å². The lowest BCUT2D eigenvalue weighted by Gasteiger charge is -1.93. The molecule has 0 aliphatic carbocycles. The number of H-pyrrole nitrogens is 1. The van der Waals surface area contributed by atoms with E-state index in [2.05, 4.69) is 4.98 Å². The van der Waals surface area contributed by atoms with Crippen LogP contribution in [-0.4, -0.2) is 9.38 Å². The molecule has 0 unspecified atom stereocenters. The number of benzene rings is 1. The van der Waals surface area contributed by atoms with Crippen molar-refractivity contribution >= 4 is 5.65 Å². The number of hydrogen-bond donors (Lipinski definition) is 1. The van der Waals surface area contributed by atoms with E-state index in [-0.39, 0.29) is 5.56 Å². The maximum Gasteiger partial charge on any atom is 0.256 e. The summed E-state index contributed by atoms with van der Waals surface area (Å²) in [6.45, 7) is 0. The van der Waals surface area contributed by atoms with Crippen LogP contribution in [0, 0.1) is 0 Å². The molecule has 0 saturated heterocycles. The molecule has 1 N–H and O–H groups in total. The predicted molar refractivity (Wildman–Crippen MR) is 63.5 cm³/mol. The van der Waals surface area contributed by atoms with Gasteiger partial charge in [0.15, 0.2) is 0 Å². The average molecular weight is 210 g/mol. The van der Waals surface area contributed by atoms with E-state index < -0.39 is 0 Å². The van der Waals surface area contributed by atoms with Crippen molar-refractivity contribution in [2.24, 2.45) is 0 Å². The second-order valence-corrected chi connectivity index (χ2v) is 3.65. The highest BCUT2D eigenvalue weighted by Crippen LogP contribution is 2.17. The van der Waals surface area contributed by atoms with Gasteiger partial charge in [-0.1, -0.05) is 36.4 Å². The van der Waals surface area contributed by atoms with E-state index in [1.165, 1.54) is 0 Å². The van der Waals surface area contributed by atoms with Crippen LogP contribution in [0.25, 0.3) is 16.9 Å². The van der Waals surface area contributed by atoms with Gasteiger partial charge < -0.3 is 4.98 Å². The summed E-state index contributed by atoms with van der Waals surface area (Å²) in [5.41, 5.74) is 2.82. The van der Waals surface area contributed by atoms with Gasteiger partial charge in [-0.25, -0.2) is 0 Å². The third-order valence-electron chi connectivity index (χ3n) is 2.60. The maximum atomic E-state index is 11.6. The third kappa shape index (κ3) is 1.34. The summed E-state index contributed by atoms with van der Waals surface area (Å²) in [7, 11) is 0. The summed E-state index contributed by atoms with van der Waals surface area (Å²) in [4.78, 5) is 14.8. The lowest BCUT2D eigenvalue weighted by atomic mass is 10.2. The molecule has 0 radical (unpaired) electrons. The fourth-order valence-corrected chi connectivity index (χ4v) is 1.80. The molecule has 3 heteroatoms. The minimum Gasteiger partial charge on any atom is -0.340 e. The number of nitrogens with one attached hydrogen (secondary N) is 1. The second-order valence-electron chi connectivity index (χ2n) is 3.65. The Morgan fingerprint density at radius 2 is 1.75 bits per heavy atom. The standard InChI is InChI=1S/C13H10N2O/c16-13-8-4-7-12-14-11(9-15(12)13)10-5-2-1-3-6-10/h1-9,14H. The monoisotopic (exact) mass is 210 g/mol. The highest BCUT2D eigenvalue weighted by atomic mass is 16.1. The molecule has 3 aromatic rings. The molecule has 2 heterocycles. The second kappa shape index (κ2) is 3.38. The molecule has 0 spiro atoms. The van der Waals surface area contributed by atoms with Crippen molar-refractivity contribution in [3.8, 4) is 11.3 Å². The van der Waals surface area contributed by atoms with Crippen LogP contribution in [0.4, 0.5) is 0 Å². The highest BCUT2D eigenvalue weighted by molar-refractivity contribution is 5.62. The van der Waals surface area contributed by atoms with Crippen molar-refractivity contribution in [3.05, 3.63) is 65.1 Å². The van der Waals surface area contributed by atoms with E-state index in [0.29, 0.717) is 0 Å². The quantitative estimate of drug-likeness (QED) is 0.657. The first-order chi connectivity index (χ1) is 7.84. The Morgan fingerprint density at radius 1 is 0.938 bits per heavy atom. The number of imidazole rings is 1. The molecule has 78 valence electrons. The van der Waals surface area contributed by atoms with Crippen molar-refractivity contribution in [2.45, 2.75) is 0 Å². The fraction of sp³-hybridized carbons (Fsp3) is 0. The normalized spacial score (nSPS) is 10.8. The van der Waals surface area contributed by atoms with Crippen molar-refractivity contribution in [2.75, 3.05) is 0 Å². The first-order valence-corrected chi connectivity index (χ1v) is 5.10. The van der Waals surface area contributed by atoms with Crippen LogP contribution in [0.2, 0.25) is 0 Å². The lowest BCUT2D eigenvalue weighted by Crippen LogP contribution is -2.08. The van der Waals surface area contributed by atoms with Crippen LogP contribution >= 0.6 is 0 Å². The minimum absolute atomic E-state index is 0.0177. The van der Waals surface area contributed by atoms with Crippen LogP contribution in [0.1, 0.15) is 0 Å². The number of hydrogen-bond acceptors (Lipinski definition) is 1. The van der Waals surface area contributed by atoms with Gasteiger partial charge in [0.1, 0.15) is 5.65 Å². The van der Waals surface area contributed by atoms with Crippen molar-refractivity contribution < 1.29 is 0 Å². The van der Waals surface area contributed by atoms with Crippen LogP contribution in [0.15, 0.2) is 59.5 Å². The van der Waals surface area contributed by atoms with E-state index in [1.807, 2.05) is 42.6 Å². The van der Waals surface area contributed by atoms with Gasteiger partial charge in [-0.2, -0.15) is 0 Å². The summed E-state index contributed by atoms with van der Waals surface area (Å²) >= 11 is 0. The molecule has 0 fully saturated rings. The topological polar surface area (TPSA) is 37.3 Å². The predicted octanol–water partition coefficient (Wildman–Crippen LogP) is 2.29. The van der Waals surface area contributed by atoms with Crippen LogP contribution < -0.4 is 5.56 Å². The smallest absolute Gasteiger partial charge is 0.256 e. The Balaban J connectivity index is 2.28. The molecule has 0 aliphatic heterocycles. The number of fused-ring (bicyclic) bond motifs is 1. The number of aromatic amines is 1. The summed E-state index contributed by atoms with van der Waals surface area (Å²) in [5.74, 6) is 0. The average Bonchev–Trinajstić information content (AvgIpc) is 2.76. The molecule has 0 saturated carbocycles. The van der Waals surface area contributed by atoms with Gasteiger partial charge in [0.05, 0.1) is 5.69 Å². The third-order valence-corrected chi connectivity index (χ3v) is 2.60. The van der Waals surface area contributed by atoms with Crippen LogP contribution in [0.3, 0.4) is 0 Å². The fourth-order valence-electron chi connectivity index (χ4n) is 1.80. The van der Waals surface area contributed by atoms with E-state index in [1.54, 1.807) is 16.5 Å². The van der Waals surface area contributed by atoms with Gasteiger partial charge in [0.2, 0.25) is 0 Å². The number of aromatic nitrogens is 2. The maximum absolute atomic E-state index is 11.6. The molecular weight excluding hydrogens is 200 g/mol. The minimum atomic E-state index is -0.0177. The van der Waals surface area contributed by atoms with Crippen molar-refractivity contribution in [3.63, 3.8) is 0 Å². The van der Waals surface area contributed by atoms with Gasteiger partial charge in [-0.15, -0.1) is 0 Å². The van der Waals surface area contributed by atoms with Crippen LogP contribution in [-0.2, 0) is 0 Å². The van der Waals surface area contributed by atoms with Crippen LogP contribution in [0.5, 0.6) is 0 Å². The number of nitrogens with zero attached hydrogens (tertiary/aromatic N) is 1. The van der Waals surface area contributed by atoms with E-state index in [9.17, 15) is 4.79 Å². The van der Waals surface area contributed by atoms with Gasteiger partial charge in [-0.05, 0) is 11.6 Å². The number of pyridine rings is 1. The zero-order valence-electron chi connectivity index (χ0n) is 8.55. The summed E-state index contributed by atoms with van der Waals surface area (Å²) < 4.78 is 1.61. The van der Waals surface area contributed by atoms with E-state index >= 15 is 0 Å². The molecular formula is C13H10N2O. The highest BCUT2D eigenvalue weighted by Gasteiger charge is 2.02. The zero-order valence-corrected chi connectivity index (χ0v) is 8.55. The Morgan fingerprint density at radius 3 is 2.50 bits per heavy atom. The number of rotatable bonds is 1. The molecule has 0 amide bonds. The van der Waals surface area contributed by atoms with Gasteiger partial charge >= 0.3 is 0 Å². The van der Waals surface area contributed by atoms with Crippen molar-refractivity contribution in [1.82, 2.24) is 9.38 Å². The summed E-state index contributed by atoms with van der Waals surface area (Å²) in [6.07, 6.45) is 1.83. The Labute approximate surface area is 92.0 Å². The molecule has 0 aliphatic rings. The zero-order chi connectivity index (χ0) is 11.0. The summed E-state index contributed by atoms with van der Waals surface area (Å²) in [6, 6.07) is 15.1. The lowest BCUT2D eigenvalue weighted by molar-refractivity contribution is 1.11. The Hall–Kier alpha value is -2.29. The molecule has 3 rings (SSSR count). The largest absolute Gasteiger partial charge is 0.340 e. The molecule has 3 nitrogen and oxygen atoms in total. The molecule has 16 heavy (non-hydrogen) atoms. The summed E-state index contributed by atoms with van der Waals surface area (Å²) in [5, 5.41) is 0. The van der Waals surface area contributed by atoms with Gasteiger partial charge in [0.25, 0.3) is 5.56 Å². The Bertz CT molecular complexity index is 680. The van der Waals surface area contributed by atoms with Gasteiger partial charge in [-0.3, -0.25) is 9.20 Å². The first-order valence-electron chi connectivity index (χ1n) is 5.10. The molecule has 0 atom stereocenters.